The first-order chi connectivity index (χ1) is 13.8. The number of carbonyl (C=O) groups is 1. The molecule has 8 heteroatoms. The topological polar surface area (TPSA) is 46.9 Å². The fraction of sp³-hybridized carbons (Fsp3) is 0.143. The fourth-order valence-electron chi connectivity index (χ4n) is 3.18. The van der Waals surface area contributed by atoms with Gasteiger partial charge in [0.1, 0.15) is 10.7 Å². The van der Waals surface area contributed by atoms with E-state index in [2.05, 4.69) is 10.4 Å². The summed E-state index contributed by atoms with van der Waals surface area (Å²) < 4.78 is 16.5. The molecule has 0 unspecified atom stereocenters. The zero-order valence-electron chi connectivity index (χ0n) is 15.6. The molecule has 2 aromatic carbocycles. The number of nitrogens with zero attached hydrogens (tertiary/aromatic N) is 2. The van der Waals surface area contributed by atoms with Crippen LogP contribution >= 0.6 is 34.5 Å². The van der Waals surface area contributed by atoms with Gasteiger partial charge in [-0.3, -0.25) is 9.48 Å². The second-order valence-corrected chi connectivity index (χ2v) is 8.51. The molecule has 1 amide bonds. The van der Waals surface area contributed by atoms with E-state index in [0.717, 1.165) is 22.6 Å². The van der Waals surface area contributed by atoms with E-state index in [4.69, 9.17) is 23.2 Å². The molecule has 148 valence electrons. The standard InChI is InChI=1S/C21H16Cl2FN3OS/c1-11-19(12(2)27(26-11)10-13-6-8-14(22)9-7-13)25-21(28)20-18(23)17-15(24)4-3-5-16(17)29-20/h3-9H,10H2,1-2H3,(H,25,28). The summed E-state index contributed by atoms with van der Waals surface area (Å²) in [7, 11) is 0. The molecule has 0 aliphatic heterocycles. The van der Waals surface area contributed by atoms with Gasteiger partial charge in [0, 0.05) is 15.1 Å². The summed E-state index contributed by atoms with van der Waals surface area (Å²) in [6, 6.07) is 12.2. The number of amides is 1. The molecule has 29 heavy (non-hydrogen) atoms. The molecule has 0 fully saturated rings. The van der Waals surface area contributed by atoms with E-state index in [1.54, 1.807) is 12.1 Å². The summed E-state index contributed by atoms with van der Waals surface area (Å²) in [5.41, 5.74) is 3.17. The van der Waals surface area contributed by atoms with E-state index in [1.807, 2.05) is 42.8 Å². The van der Waals surface area contributed by atoms with Crippen molar-refractivity contribution in [3.8, 4) is 0 Å². The van der Waals surface area contributed by atoms with Crippen molar-refractivity contribution < 1.29 is 9.18 Å². The van der Waals surface area contributed by atoms with E-state index in [1.165, 1.54) is 6.07 Å². The Bertz CT molecular complexity index is 1230. The maximum atomic E-state index is 14.1. The van der Waals surface area contributed by atoms with Crippen molar-refractivity contribution in [3.63, 3.8) is 0 Å². The number of rotatable bonds is 4. The van der Waals surface area contributed by atoms with Gasteiger partial charge in [0.2, 0.25) is 0 Å². The molecule has 4 nitrogen and oxygen atoms in total. The number of carbonyl (C=O) groups excluding carboxylic acids is 1. The van der Waals surface area contributed by atoms with Gasteiger partial charge in [0.05, 0.1) is 28.6 Å². The minimum absolute atomic E-state index is 0.129. The number of aromatic nitrogens is 2. The summed E-state index contributed by atoms with van der Waals surface area (Å²) in [4.78, 5) is 13.1. The van der Waals surface area contributed by atoms with E-state index >= 15 is 0 Å². The number of anilines is 1. The molecule has 4 aromatic rings. The predicted molar refractivity (Wildman–Crippen MR) is 117 cm³/mol. The lowest BCUT2D eigenvalue weighted by Gasteiger charge is -2.07. The van der Waals surface area contributed by atoms with Crippen molar-refractivity contribution in [1.82, 2.24) is 9.78 Å². The van der Waals surface area contributed by atoms with Crippen LogP contribution in [0.2, 0.25) is 10.0 Å². The van der Waals surface area contributed by atoms with Crippen LogP contribution in [0, 0.1) is 19.7 Å². The summed E-state index contributed by atoms with van der Waals surface area (Å²) in [6.45, 7) is 4.26. The Labute approximate surface area is 180 Å². The first-order valence-electron chi connectivity index (χ1n) is 8.81. The number of aryl methyl sites for hydroxylation is 1. The second kappa shape index (κ2) is 7.78. The van der Waals surface area contributed by atoms with Gasteiger partial charge in [-0.1, -0.05) is 41.4 Å². The van der Waals surface area contributed by atoms with Gasteiger partial charge < -0.3 is 5.32 Å². The number of nitrogens with one attached hydrogen (secondary N) is 1. The Morgan fingerprint density at radius 3 is 2.59 bits per heavy atom. The largest absolute Gasteiger partial charge is 0.318 e. The zero-order valence-corrected chi connectivity index (χ0v) is 17.9. The third-order valence-electron chi connectivity index (χ3n) is 4.68. The molecular weight excluding hydrogens is 432 g/mol. The number of hydrogen-bond donors (Lipinski definition) is 1. The van der Waals surface area contributed by atoms with Crippen LogP contribution in [0.4, 0.5) is 10.1 Å². The lowest BCUT2D eigenvalue weighted by atomic mass is 10.2. The van der Waals surface area contributed by atoms with Crippen LogP contribution in [0.5, 0.6) is 0 Å². The number of halogens is 3. The minimum Gasteiger partial charge on any atom is -0.318 e. The van der Waals surface area contributed by atoms with Crippen molar-refractivity contribution in [2.24, 2.45) is 0 Å². The molecule has 4 rings (SSSR count). The van der Waals surface area contributed by atoms with Crippen molar-refractivity contribution >= 4 is 56.2 Å². The molecule has 1 N–H and O–H groups in total. The van der Waals surface area contributed by atoms with Gasteiger partial charge >= 0.3 is 0 Å². The van der Waals surface area contributed by atoms with Crippen LogP contribution in [0.15, 0.2) is 42.5 Å². The molecule has 0 radical (unpaired) electrons. The van der Waals surface area contributed by atoms with Crippen LogP contribution in [0.3, 0.4) is 0 Å². The quantitative estimate of drug-likeness (QED) is 0.390. The normalized spacial score (nSPS) is 11.2. The van der Waals surface area contributed by atoms with Gasteiger partial charge in [0.25, 0.3) is 5.91 Å². The molecular formula is C21H16Cl2FN3OS. The Morgan fingerprint density at radius 2 is 1.90 bits per heavy atom. The highest BCUT2D eigenvalue weighted by atomic mass is 35.5. The van der Waals surface area contributed by atoms with Crippen LogP contribution in [-0.2, 0) is 6.54 Å². The first kappa shape index (κ1) is 19.9. The fourth-order valence-corrected chi connectivity index (χ4v) is 4.76. The molecule has 0 aliphatic rings. The summed E-state index contributed by atoms with van der Waals surface area (Å²) >= 11 is 13.4. The Kier molecular flexibility index (Phi) is 5.34. The predicted octanol–water partition coefficient (Wildman–Crippen LogP) is 6.46. The van der Waals surface area contributed by atoms with Gasteiger partial charge in [-0.25, -0.2) is 4.39 Å². The third kappa shape index (κ3) is 3.75. The average molecular weight is 448 g/mol. The highest BCUT2D eigenvalue weighted by Gasteiger charge is 2.22. The second-order valence-electron chi connectivity index (χ2n) is 6.64. The molecule has 0 bridgehead atoms. The summed E-state index contributed by atoms with van der Waals surface area (Å²) in [5, 5.41) is 8.50. The average Bonchev–Trinajstić information content (AvgIpc) is 3.16. The van der Waals surface area contributed by atoms with Crippen LogP contribution in [0.1, 0.15) is 26.6 Å². The number of hydrogen-bond acceptors (Lipinski definition) is 3. The number of benzene rings is 2. The van der Waals surface area contributed by atoms with Crippen LogP contribution < -0.4 is 5.32 Å². The molecule has 0 aliphatic carbocycles. The summed E-state index contributed by atoms with van der Waals surface area (Å²) in [6.07, 6.45) is 0. The highest BCUT2D eigenvalue weighted by molar-refractivity contribution is 7.21. The Hall–Kier alpha value is -2.41. The number of fused-ring (bicyclic) bond motifs is 1. The Morgan fingerprint density at radius 1 is 1.17 bits per heavy atom. The van der Waals surface area contributed by atoms with E-state index in [9.17, 15) is 9.18 Å². The van der Waals surface area contributed by atoms with Crippen molar-refractivity contribution in [1.29, 1.82) is 0 Å². The van der Waals surface area contributed by atoms with E-state index in [0.29, 0.717) is 27.6 Å². The maximum Gasteiger partial charge on any atom is 0.267 e. The van der Waals surface area contributed by atoms with E-state index in [-0.39, 0.29) is 21.2 Å². The van der Waals surface area contributed by atoms with Crippen molar-refractivity contribution in [2.75, 3.05) is 5.32 Å². The number of thiophene rings is 1. The zero-order chi connectivity index (χ0) is 20.7. The lowest BCUT2D eigenvalue weighted by Crippen LogP contribution is -2.12. The molecule has 0 saturated carbocycles. The summed E-state index contributed by atoms with van der Waals surface area (Å²) in [5.74, 6) is -0.821. The molecule has 2 heterocycles. The van der Waals surface area contributed by atoms with E-state index < -0.39 is 5.82 Å². The van der Waals surface area contributed by atoms with Gasteiger partial charge in [0.15, 0.2) is 0 Å². The third-order valence-corrected chi connectivity index (χ3v) is 6.57. The monoisotopic (exact) mass is 447 g/mol. The van der Waals surface area contributed by atoms with Crippen molar-refractivity contribution in [3.05, 3.63) is 80.2 Å². The van der Waals surface area contributed by atoms with Crippen LogP contribution in [-0.4, -0.2) is 15.7 Å². The van der Waals surface area contributed by atoms with Crippen molar-refractivity contribution in [2.45, 2.75) is 20.4 Å². The smallest absolute Gasteiger partial charge is 0.267 e. The van der Waals surface area contributed by atoms with Gasteiger partial charge in [-0.2, -0.15) is 5.10 Å². The molecule has 2 aromatic heterocycles. The molecule has 0 saturated heterocycles. The maximum absolute atomic E-state index is 14.1. The van der Waals surface area contributed by atoms with Crippen LogP contribution in [0.25, 0.3) is 10.1 Å². The molecule has 0 atom stereocenters. The van der Waals surface area contributed by atoms with Gasteiger partial charge in [-0.05, 0) is 43.7 Å². The first-order valence-corrected chi connectivity index (χ1v) is 10.4. The lowest BCUT2D eigenvalue weighted by molar-refractivity contribution is 0.103. The minimum atomic E-state index is -0.439. The van der Waals surface area contributed by atoms with Gasteiger partial charge in [-0.15, -0.1) is 11.3 Å². The highest BCUT2D eigenvalue weighted by Crippen LogP contribution is 2.37. The Balaban J connectivity index is 1.62. The SMILES string of the molecule is Cc1nn(Cc2ccc(Cl)cc2)c(C)c1NC(=O)c1sc2cccc(F)c2c1Cl. The molecule has 0 spiro atoms.